The van der Waals surface area contributed by atoms with Crippen molar-refractivity contribution in [2.75, 3.05) is 18.4 Å². The van der Waals surface area contributed by atoms with Crippen LogP contribution in [-0.4, -0.2) is 29.8 Å². The fourth-order valence-electron chi connectivity index (χ4n) is 3.80. The quantitative estimate of drug-likeness (QED) is 0.550. The number of carbonyl (C=O) groups is 2. The number of nitrogens with zero attached hydrogens (tertiary/aromatic N) is 1. The van der Waals surface area contributed by atoms with Gasteiger partial charge >= 0.3 is 0 Å². The summed E-state index contributed by atoms with van der Waals surface area (Å²) in [5, 5.41) is 3.65. The molecule has 2 amide bonds. The average Bonchev–Trinajstić information content (AvgIpc) is 3.26. The topological polar surface area (TPSA) is 75.4 Å². The van der Waals surface area contributed by atoms with Gasteiger partial charge in [0.15, 0.2) is 0 Å². The second-order valence-corrected chi connectivity index (χ2v) is 9.32. The van der Waals surface area contributed by atoms with Crippen molar-refractivity contribution < 1.29 is 9.59 Å². The summed E-state index contributed by atoms with van der Waals surface area (Å²) in [5.74, 6) is -0.398. The molecule has 1 atom stereocenters. The van der Waals surface area contributed by atoms with Gasteiger partial charge in [-0.25, -0.2) is 0 Å². The third-order valence-corrected chi connectivity index (χ3v) is 6.87. The van der Waals surface area contributed by atoms with Crippen LogP contribution in [0.3, 0.4) is 0 Å². The molecule has 1 saturated heterocycles. The van der Waals surface area contributed by atoms with Gasteiger partial charge in [-0.05, 0) is 66.9 Å². The molecule has 0 saturated carbocycles. The predicted octanol–water partition coefficient (Wildman–Crippen LogP) is 5.02. The first-order valence-electron chi connectivity index (χ1n) is 10.3. The molecule has 5 nitrogen and oxygen atoms in total. The number of carbonyl (C=O) groups excluding carboxylic acids is 2. The zero-order valence-corrected chi connectivity index (χ0v) is 18.6. The van der Waals surface area contributed by atoms with Crippen LogP contribution in [0.15, 0.2) is 60.7 Å². The SMILES string of the molecule is NC(=O)C1CCCN(Cc2ccc(NC(=O)c3ccc(-c4ccc(Cl)cc4)s3)cc2)C1. The van der Waals surface area contributed by atoms with Crippen LogP contribution in [0, 0.1) is 5.92 Å². The van der Waals surface area contributed by atoms with Gasteiger partial charge in [-0.1, -0.05) is 35.9 Å². The lowest BCUT2D eigenvalue weighted by molar-refractivity contribution is -0.123. The number of nitrogens with one attached hydrogen (secondary N) is 1. The zero-order valence-electron chi connectivity index (χ0n) is 17.0. The summed E-state index contributed by atoms with van der Waals surface area (Å²) in [6.45, 7) is 2.45. The fourth-order valence-corrected chi connectivity index (χ4v) is 4.84. The van der Waals surface area contributed by atoms with Gasteiger partial charge in [0.2, 0.25) is 5.91 Å². The molecule has 4 rings (SSSR count). The number of hydrogen-bond acceptors (Lipinski definition) is 4. The molecular formula is C24H24ClN3O2S. The summed E-state index contributed by atoms with van der Waals surface area (Å²) >= 11 is 7.40. The molecule has 1 aromatic heterocycles. The maximum atomic E-state index is 12.6. The van der Waals surface area contributed by atoms with Crippen molar-refractivity contribution in [1.82, 2.24) is 4.90 Å². The van der Waals surface area contributed by atoms with E-state index in [-0.39, 0.29) is 17.7 Å². The number of hydrogen-bond donors (Lipinski definition) is 2. The monoisotopic (exact) mass is 453 g/mol. The van der Waals surface area contributed by atoms with Crippen LogP contribution in [0.1, 0.15) is 28.1 Å². The van der Waals surface area contributed by atoms with Crippen LogP contribution in [0.5, 0.6) is 0 Å². The maximum Gasteiger partial charge on any atom is 0.265 e. The van der Waals surface area contributed by atoms with Gasteiger partial charge in [0.05, 0.1) is 10.8 Å². The van der Waals surface area contributed by atoms with E-state index in [1.54, 1.807) is 0 Å². The predicted molar refractivity (Wildman–Crippen MR) is 126 cm³/mol. The van der Waals surface area contributed by atoms with Crippen molar-refractivity contribution in [3.63, 3.8) is 0 Å². The van der Waals surface area contributed by atoms with Crippen molar-refractivity contribution in [2.45, 2.75) is 19.4 Å². The van der Waals surface area contributed by atoms with Gasteiger partial charge in [0, 0.05) is 28.7 Å². The minimum Gasteiger partial charge on any atom is -0.369 e. The number of anilines is 1. The van der Waals surface area contributed by atoms with Gasteiger partial charge in [0.1, 0.15) is 0 Å². The minimum atomic E-state index is -0.212. The Morgan fingerprint density at radius 2 is 1.81 bits per heavy atom. The van der Waals surface area contributed by atoms with E-state index >= 15 is 0 Å². The number of amides is 2. The van der Waals surface area contributed by atoms with E-state index in [0.717, 1.165) is 47.6 Å². The van der Waals surface area contributed by atoms with E-state index in [2.05, 4.69) is 10.2 Å². The number of halogens is 1. The summed E-state index contributed by atoms with van der Waals surface area (Å²) in [7, 11) is 0. The molecule has 0 aliphatic carbocycles. The van der Waals surface area contributed by atoms with Crippen molar-refractivity contribution in [1.29, 1.82) is 0 Å². The largest absolute Gasteiger partial charge is 0.369 e. The summed E-state index contributed by atoms with van der Waals surface area (Å²) in [6.07, 6.45) is 1.86. The third kappa shape index (κ3) is 5.53. The number of primary amides is 1. The molecule has 160 valence electrons. The number of rotatable bonds is 6. The standard InChI is InChI=1S/C24H24ClN3O2S/c25-19-7-5-17(6-8-19)21-11-12-22(31-21)24(30)27-20-9-3-16(4-10-20)14-28-13-1-2-18(15-28)23(26)29/h3-12,18H,1-2,13-15H2,(H2,26,29)(H,27,30). The van der Waals surface area contributed by atoms with E-state index in [9.17, 15) is 9.59 Å². The molecule has 0 radical (unpaired) electrons. The van der Waals surface area contributed by atoms with Crippen molar-refractivity contribution >= 4 is 40.4 Å². The van der Waals surface area contributed by atoms with Gasteiger partial charge in [-0.15, -0.1) is 11.3 Å². The Balaban J connectivity index is 1.35. The van der Waals surface area contributed by atoms with Crippen LogP contribution in [0.2, 0.25) is 5.02 Å². The van der Waals surface area contributed by atoms with Gasteiger partial charge in [-0.3, -0.25) is 14.5 Å². The van der Waals surface area contributed by atoms with E-state index in [1.165, 1.54) is 11.3 Å². The molecule has 1 aliphatic heterocycles. The van der Waals surface area contributed by atoms with E-state index < -0.39 is 0 Å². The highest BCUT2D eigenvalue weighted by Gasteiger charge is 2.23. The first-order chi connectivity index (χ1) is 15.0. The first kappa shape index (κ1) is 21.6. The highest BCUT2D eigenvalue weighted by atomic mass is 35.5. The lowest BCUT2D eigenvalue weighted by Gasteiger charge is -2.31. The second-order valence-electron chi connectivity index (χ2n) is 7.80. The number of likely N-dealkylation sites (tertiary alicyclic amines) is 1. The summed E-state index contributed by atoms with van der Waals surface area (Å²) in [6, 6.07) is 19.2. The van der Waals surface area contributed by atoms with E-state index in [0.29, 0.717) is 16.4 Å². The molecule has 7 heteroatoms. The molecule has 31 heavy (non-hydrogen) atoms. The average molecular weight is 454 g/mol. The molecule has 1 aliphatic rings. The fraction of sp³-hybridized carbons (Fsp3) is 0.250. The highest BCUT2D eigenvalue weighted by molar-refractivity contribution is 7.17. The smallest absolute Gasteiger partial charge is 0.265 e. The Morgan fingerprint density at radius 1 is 1.06 bits per heavy atom. The number of nitrogens with two attached hydrogens (primary N) is 1. The molecule has 1 fully saturated rings. The van der Waals surface area contributed by atoms with Crippen LogP contribution in [0.4, 0.5) is 5.69 Å². The van der Waals surface area contributed by atoms with Crippen molar-refractivity contribution in [3.8, 4) is 10.4 Å². The van der Waals surface area contributed by atoms with Crippen molar-refractivity contribution in [2.24, 2.45) is 11.7 Å². The molecule has 3 N–H and O–H groups in total. The summed E-state index contributed by atoms with van der Waals surface area (Å²) in [4.78, 5) is 28.0. The van der Waals surface area contributed by atoms with E-state index in [4.69, 9.17) is 17.3 Å². The Kier molecular flexibility index (Phi) is 6.70. The highest BCUT2D eigenvalue weighted by Crippen LogP contribution is 2.29. The zero-order chi connectivity index (χ0) is 21.8. The maximum absolute atomic E-state index is 12.6. The Morgan fingerprint density at radius 3 is 2.52 bits per heavy atom. The summed E-state index contributed by atoms with van der Waals surface area (Å²) in [5.41, 5.74) is 8.40. The van der Waals surface area contributed by atoms with Gasteiger partial charge in [-0.2, -0.15) is 0 Å². The first-order valence-corrected chi connectivity index (χ1v) is 11.4. The Labute approximate surface area is 190 Å². The molecular weight excluding hydrogens is 430 g/mol. The normalized spacial score (nSPS) is 16.7. The van der Waals surface area contributed by atoms with Gasteiger partial charge < -0.3 is 11.1 Å². The van der Waals surface area contributed by atoms with Crippen LogP contribution in [0.25, 0.3) is 10.4 Å². The number of benzene rings is 2. The lowest BCUT2D eigenvalue weighted by Crippen LogP contribution is -2.40. The third-order valence-electron chi connectivity index (χ3n) is 5.48. The molecule has 3 aromatic rings. The number of piperidine rings is 1. The summed E-state index contributed by atoms with van der Waals surface area (Å²) < 4.78 is 0. The molecule has 2 heterocycles. The van der Waals surface area contributed by atoms with Crippen LogP contribution >= 0.6 is 22.9 Å². The second kappa shape index (κ2) is 9.64. The van der Waals surface area contributed by atoms with Crippen LogP contribution < -0.4 is 11.1 Å². The van der Waals surface area contributed by atoms with Crippen LogP contribution in [-0.2, 0) is 11.3 Å². The lowest BCUT2D eigenvalue weighted by atomic mass is 9.97. The van der Waals surface area contributed by atoms with Gasteiger partial charge in [0.25, 0.3) is 5.91 Å². The van der Waals surface area contributed by atoms with Crippen molar-refractivity contribution in [3.05, 3.63) is 76.1 Å². The number of thiophene rings is 1. The van der Waals surface area contributed by atoms with E-state index in [1.807, 2.05) is 60.7 Å². The molecule has 0 bridgehead atoms. The Hall–Kier alpha value is -2.67. The molecule has 1 unspecified atom stereocenters. The molecule has 2 aromatic carbocycles. The molecule has 0 spiro atoms. The minimum absolute atomic E-state index is 0.0594. The Bertz CT molecular complexity index is 1060.